The van der Waals surface area contributed by atoms with Crippen LogP contribution in [0.3, 0.4) is 0 Å². The molecule has 0 spiro atoms. The number of hydrogen-bond donors (Lipinski definition) is 2. The van der Waals surface area contributed by atoms with Gasteiger partial charge in [-0.2, -0.15) is 0 Å². The fraction of sp³-hybridized carbons (Fsp3) is 0.667. The lowest BCUT2D eigenvalue weighted by molar-refractivity contribution is 0.464. The summed E-state index contributed by atoms with van der Waals surface area (Å²) in [4.78, 5) is 4.59. The van der Waals surface area contributed by atoms with Crippen LogP contribution in [0.15, 0.2) is 29.5 Å². The molecule has 2 N–H and O–H groups in total. The summed E-state index contributed by atoms with van der Waals surface area (Å²) in [6.45, 7) is 6.33. The van der Waals surface area contributed by atoms with Crippen molar-refractivity contribution in [1.82, 2.24) is 19.5 Å². The van der Waals surface area contributed by atoms with Crippen molar-refractivity contribution < 1.29 is 8.42 Å². The van der Waals surface area contributed by atoms with Crippen molar-refractivity contribution in [1.29, 1.82) is 0 Å². The molecule has 24 heavy (non-hydrogen) atoms. The van der Waals surface area contributed by atoms with Crippen molar-refractivity contribution in [2.75, 3.05) is 39.0 Å². The Kier molecular flexibility index (Phi) is 9.06. The summed E-state index contributed by atoms with van der Waals surface area (Å²) in [5.41, 5.74) is 0. The summed E-state index contributed by atoms with van der Waals surface area (Å²) in [5, 5.41) is 6.54. The molecule has 1 aromatic heterocycles. The van der Waals surface area contributed by atoms with E-state index in [1.54, 1.807) is 4.31 Å². The lowest BCUT2D eigenvalue weighted by Crippen LogP contribution is -2.39. The largest absolute Gasteiger partial charge is 0.357 e. The van der Waals surface area contributed by atoms with Crippen LogP contribution in [0, 0.1) is 5.92 Å². The molecule has 0 radical (unpaired) electrons. The quantitative estimate of drug-likeness (QED) is 0.354. The standard InChI is InChI=1S/C15H27N5O2S.HI/c1-3-16-15(17-7-11-19-8-4-5-9-19)18-12-14-6-10-20(13-14)23(2,21)22;/h4-5,8-9,14H,3,6-7,10-13H2,1-2H3,(H2,16,17,18);1H. The van der Waals surface area contributed by atoms with Crippen LogP contribution in [-0.4, -0.2) is 62.2 Å². The van der Waals surface area contributed by atoms with Crippen LogP contribution < -0.4 is 10.6 Å². The van der Waals surface area contributed by atoms with Gasteiger partial charge >= 0.3 is 0 Å². The molecule has 0 bridgehead atoms. The highest BCUT2D eigenvalue weighted by Crippen LogP contribution is 2.18. The Hall–Kier alpha value is -0.810. The van der Waals surface area contributed by atoms with Gasteiger partial charge in [-0.05, 0) is 31.4 Å². The van der Waals surface area contributed by atoms with Crippen molar-refractivity contribution >= 4 is 40.0 Å². The van der Waals surface area contributed by atoms with E-state index in [0.717, 1.165) is 32.0 Å². The lowest BCUT2D eigenvalue weighted by atomic mass is 10.1. The van der Waals surface area contributed by atoms with E-state index in [2.05, 4.69) is 20.2 Å². The van der Waals surface area contributed by atoms with Gasteiger partial charge in [0.1, 0.15) is 0 Å². The zero-order valence-corrected chi connectivity index (χ0v) is 17.5. The molecule has 1 fully saturated rings. The highest BCUT2D eigenvalue weighted by Gasteiger charge is 2.28. The average Bonchev–Trinajstić information content (AvgIpc) is 3.15. The maximum absolute atomic E-state index is 11.5. The SMILES string of the molecule is CCNC(=NCC1CCN(S(C)(=O)=O)C1)NCCn1cccc1.I. The Morgan fingerprint density at radius 3 is 2.58 bits per heavy atom. The molecule has 0 aromatic carbocycles. The van der Waals surface area contributed by atoms with E-state index < -0.39 is 10.0 Å². The van der Waals surface area contributed by atoms with E-state index in [-0.39, 0.29) is 24.0 Å². The molecule has 0 aliphatic carbocycles. The number of rotatable bonds is 7. The van der Waals surface area contributed by atoms with Crippen LogP contribution in [0.4, 0.5) is 0 Å². The second-order valence-electron chi connectivity index (χ2n) is 5.84. The summed E-state index contributed by atoms with van der Waals surface area (Å²) < 4.78 is 26.7. The minimum absolute atomic E-state index is 0. The maximum Gasteiger partial charge on any atom is 0.211 e. The number of aliphatic imine (C=N–C) groups is 1. The molecule has 7 nitrogen and oxygen atoms in total. The monoisotopic (exact) mass is 469 g/mol. The first-order valence-electron chi connectivity index (χ1n) is 8.07. The highest BCUT2D eigenvalue weighted by molar-refractivity contribution is 14.0. The van der Waals surface area contributed by atoms with Crippen LogP contribution in [0.25, 0.3) is 0 Å². The van der Waals surface area contributed by atoms with Crippen molar-refractivity contribution in [2.24, 2.45) is 10.9 Å². The van der Waals surface area contributed by atoms with Gasteiger partial charge in [-0.3, -0.25) is 4.99 Å². The molecule has 0 saturated carbocycles. The fourth-order valence-corrected chi connectivity index (χ4v) is 3.55. The van der Waals surface area contributed by atoms with Crippen LogP contribution >= 0.6 is 24.0 Å². The van der Waals surface area contributed by atoms with Crippen molar-refractivity contribution in [3.8, 4) is 0 Å². The maximum atomic E-state index is 11.5. The predicted molar refractivity (Wildman–Crippen MR) is 108 cm³/mol. The van der Waals surface area contributed by atoms with Crippen LogP contribution in [0.5, 0.6) is 0 Å². The summed E-state index contributed by atoms with van der Waals surface area (Å²) >= 11 is 0. The van der Waals surface area contributed by atoms with Gasteiger partial charge in [0, 0.05) is 51.7 Å². The number of hydrogen-bond acceptors (Lipinski definition) is 3. The van der Waals surface area contributed by atoms with Gasteiger partial charge in [0.05, 0.1) is 6.26 Å². The Morgan fingerprint density at radius 1 is 1.29 bits per heavy atom. The number of guanidine groups is 1. The van der Waals surface area contributed by atoms with E-state index >= 15 is 0 Å². The third kappa shape index (κ3) is 6.98. The number of nitrogens with zero attached hydrogens (tertiary/aromatic N) is 3. The first-order chi connectivity index (χ1) is 11.0. The van der Waals surface area contributed by atoms with Crippen molar-refractivity contribution in [3.63, 3.8) is 0 Å². The van der Waals surface area contributed by atoms with E-state index in [1.807, 2.05) is 31.5 Å². The summed E-state index contributed by atoms with van der Waals surface area (Å²) in [6, 6.07) is 4.01. The van der Waals surface area contributed by atoms with Crippen LogP contribution in [-0.2, 0) is 16.6 Å². The number of nitrogens with one attached hydrogen (secondary N) is 2. The Labute approximate surface area is 162 Å². The van der Waals surface area contributed by atoms with Gasteiger partial charge in [0.25, 0.3) is 0 Å². The van der Waals surface area contributed by atoms with Crippen LogP contribution in [0.2, 0.25) is 0 Å². The van der Waals surface area contributed by atoms with E-state index in [1.165, 1.54) is 6.26 Å². The van der Waals surface area contributed by atoms with Gasteiger partial charge in [-0.25, -0.2) is 12.7 Å². The number of halogens is 1. The van der Waals surface area contributed by atoms with Gasteiger partial charge in [-0.1, -0.05) is 0 Å². The third-order valence-corrected chi connectivity index (χ3v) is 5.17. The molecule has 138 valence electrons. The summed E-state index contributed by atoms with van der Waals surface area (Å²) in [6.07, 6.45) is 6.21. The second-order valence-corrected chi connectivity index (χ2v) is 7.83. The second kappa shape index (κ2) is 10.2. The molecule has 2 heterocycles. The van der Waals surface area contributed by atoms with Crippen molar-refractivity contribution in [3.05, 3.63) is 24.5 Å². The summed E-state index contributed by atoms with van der Waals surface area (Å²) in [7, 11) is -3.07. The lowest BCUT2D eigenvalue weighted by Gasteiger charge is -2.14. The first-order valence-corrected chi connectivity index (χ1v) is 9.92. The first kappa shape index (κ1) is 21.2. The fourth-order valence-electron chi connectivity index (χ4n) is 2.63. The molecule has 1 aromatic rings. The molecule has 9 heteroatoms. The molecule has 2 rings (SSSR count). The Morgan fingerprint density at radius 2 is 2.00 bits per heavy atom. The van der Waals surface area contributed by atoms with E-state index in [9.17, 15) is 8.42 Å². The normalized spacial score (nSPS) is 19.1. The van der Waals surface area contributed by atoms with E-state index in [4.69, 9.17) is 0 Å². The minimum Gasteiger partial charge on any atom is -0.357 e. The molecule has 1 atom stereocenters. The smallest absolute Gasteiger partial charge is 0.211 e. The number of aromatic nitrogens is 1. The molecular weight excluding hydrogens is 441 g/mol. The van der Waals surface area contributed by atoms with Crippen molar-refractivity contribution in [2.45, 2.75) is 19.9 Å². The topological polar surface area (TPSA) is 78.7 Å². The summed E-state index contributed by atoms with van der Waals surface area (Å²) in [5.74, 6) is 1.09. The van der Waals surface area contributed by atoms with Gasteiger partial charge in [-0.15, -0.1) is 24.0 Å². The van der Waals surface area contributed by atoms with E-state index in [0.29, 0.717) is 25.6 Å². The molecule has 0 amide bonds. The van der Waals surface area contributed by atoms with Gasteiger partial charge < -0.3 is 15.2 Å². The predicted octanol–water partition coefficient (Wildman–Crippen LogP) is 0.943. The average molecular weight is 469 g/mol. The molecule has 1 saturated heterocycles. The molecule has 1 aliphatic heterocycles. The Balaban J connectivity index is 0.00000288. The highest BCUT2D eigenvalue weighted by atomic mass is 127. The van der Waals surface area contributed by atoms with Gasteiger partial charge in [0.15, 0.2) is 5.96 Å². The molecule has 1 unspecified atom stereocenters. The third-order valence-electron chi connectivity index (χ3n) is 3.90. The minimum atomic E-state index is -3.07. The number of sulfonamides is 1. The zero-order valence-electron chi connectivity index (χ0n) is 14.3. The van der Waals surface area contributed by atoms with Gasteiger partial charge in [0.2, 0.25) is 10.0 Å². The Bertz CT molecular complexity index is 603. The molecular formula is C15H28IN5O2S. The zero-order chi connectivity index (χ0) is 16.7. The van der Waals surface area contributed by atoms with Crippen LogP contribution in [0.1, 0.15) is 13.3 Å². The molecule has 1 aliphatic rings.